The number of halogens is 1. The van der Waals surface area contributed by atoms with Gasteiger partial charge in [0.15, 0.2) is 5.65 Å². The van der Waals surface area contributed by atoms with Crippen LogP contribution in [0.1, 0.15) is 0 Å². The molecule has 4 heterocycles. The summed E-state index contributed by atoms with van der Waals surface area (Å²) in [6.07, 6.45) is 5.08. The van der Waals surface area contributed by atoms with Gasteiger partial charge >= 0.3 is 11.7 Å². The van der Waals surface area contributed by atoms with Crippen molar-refractivity contribution in [3.05, 3.63) is 88.3 Å². The maximum absolute atomic E-state index is 10.8. The molecule has 8 N–H and O–H groups in total. The molecule has 0 unspecified atom stereocenters. The second-order valence-corrected chi connectivity index (χ2v) is 5.68. The topological polar surface area (TPSA) is 183 Å². The van der Waals surface area contributed by atoms with Gasteiger partial charge in [-0.15, -0.1) is 0 Å². The van der Waals surface area contributed by atoms with E-state index in [-0.39, 0.29) is 5.69 Å². The fourth-order valence-electron chi connectivity index (χ4n) is 1.65. The van der Waals surface area contributed by atoms with E-state index in [0.29, 0.717) is 11.5 Å². The van der Waals surface area contributed by atoms with Crippen molar-refractivity contribution in [2.24, 2.45) is 17.3 Å². The summed E-state index contributed by atoms with van der Waals surface area (Å²) < 4.78 is 2.33. The number of nitrogens with zero attached hydrogens (tertiary/aromatic N) is 4. The van der Waals surface area contributed by atoms with Crippen molar-refractivity contribution in [3.63, 3.8) is 0 Å². The van der Waals surface area contributed by atoms with Gasteiger partial charge in [0.05, 0.1) is 0 Å². The number of fused-ring (bicyclic) bond motifs is 1. The van der Waals surface area contributed by atoms with E-state index < -0.39 is 6.03 Å². The predicted octanol–water partition coefficient (Wildman–Crippen LogP) is 1.26. The lowest BCUT2D eigenvalue weighted by atomic mass is 10.5. The minimum absolute atomic E-state index is 0.199. The van der Waals surface area contributed by atoms with Gasteiger partial charge in [-0.3, -0.25) is 4.40 Å². The first kappa shape index (κ1) is 23.3. The molecule has 2 amide bonds. The van der Waals surface area contributed by atoms with Crippen molar-refractivity contribution in [2.75, 3.05) is 5.43 Å². The van der Waals surface area contributed by atoms with Crippen molar-refractivity contribution >= 4 is 33.4 Å². The van der Waals surface area contributed by atoms with Gasteiger partial charge < -0.3 is 16.9 Å². The van der Waals surface area contributed by atoms with Gasteiger partial charge in [-0.05, 0) is 52.3 Å². The number of anilines is 1. The maximum atomic E-state index is 10.8. The molecule has 4 aromatic heterocycles. The van der Waals surface area contributed by atoms with E-state index in [9.17, 15) is 4.79 Å². The molecule has 0 saturated heterocycles. The average Bonchev–Trinajstić information content (AvgIpc) is 3.11. The van der Waals surface area contributed by atoms with E-state index in [1.807, 2.05) is 36.4 Å². The first-order valence-corrected chi connectivity index (χ1v) is 8.74. The van der Waals surface area contributed by atoms with E-state index in [0.717, 1.165) is 4.60 Å². The number of primary amides is 2. The molecule has 0 atom stereocenters. The van der Waals surface area contributed by atoms with Gasteiger partial charge in [0, 0.05) is 18.6 Å². The largest absolute Gasteiger partial charge is 0.352 e. The Labute approximate surface area is 174 Å². The number of hydrogen-bond donors (Lipinski definition) is 5. The zero-order valence-electron chi connectivity index (χ0n) is 15.1. The van der Waals surface area contributed by atoms with E-state index in [4.69, 9.17) is 10.6 Å². The SMILES string of the molecule is Brc1ccccn1.NC(N)=O.NNc1ccccn1.O=c1[nH]nc2ccccn12. The third-order valence-corrected chi connectivity index (χ3v) is 3.23. The summed E-state index contributed by atoms with van der Waals surface area (Å²) in [6, 6.07) is 15.7. The second-order valence-electron chi connectivity index (χ2n) is 4.87. The average molecular weight is 462 g/mol. The highest BCUT2D eigenvalue weighted by atomic mass is 79.9. The fraction of sp³-hybridized carbons (Fsp3) is 0. The molecule has 29 heavy (non-hydrogen) atoms. The summed E-state index contributed by atoms with van der Waals surface area (Å²) in [4.78, 5) is 27.6. The number of nitrogen functional groups attached to an aromatic ring is 1. The number of pyridine rings is 3. The van der Waals surface area contributed by atoms with E-state index in [1.54, 1.807) is 36.8 Å². The smallest absolute Gasteiger partial charge is 0.347 e. The van der Waals surface area contributed by atoms with Crippen LogP contribution in [0, 0.1) is 0 Å². The van der Waals surface area contributed by atoms with Gasteiger partial charge in [-0.2, -0.15) is 5.10 Å². The number of hydrogen-bond acceptors (Lipinski definition) is 7. The van der Waals surface area contributed by atoms with Gasteiger partial charge in [0.25, 0.3) is 0 Å². The summed E-state index contributed by atoms with van der Waals surface area (Å²) in [6.45, 7) is 0. The molecule has 0 aliphatic carbocycles. The number of nitrogens with two attached hydrogens (primary N) is 3. The van der Waals surface area contributed by atoms with Crippen LogP contribution in [0.5, 0.6) is 0 Å². The minimum atomic E-state index is -0.833. The van der Waals surface area contributed by atoms with Gasteiger partial charge in [0.1, 0.15) is 10.4 Å². The number of carbonyl (C=O) groups is 1. The Morgan fingerprint density at radius 2 is 1.62 bits per heavy atom. The highest BCUT2D eigenvalue weighted by Gasteiger charge is 1.93. The zero-order valence-corrected chi connectivity index (χ0v) is 16.7. The van der Waals surface area contributed by atoms with Crippen LogP contribution in [0.3, 0.4) is 0 Å². The van der Waals surface area contributed by atoms with Crippen LogP contribution in [0.15, 0.2) is 82.6 Å². The molecule has 4 rings (SSSR count). The molecule has 12 heteroatoms. The monoisotopic (exact) mass is 461 g/mol. The van der Waals surface area contributed by atoms with Crippen LogP contribution in [0.2, 0.25) is 0 Å². The van der Waals surface area contributed by atoms with Crippen LogP contribution in [-0.4, -0.2) is 30.6 Å². The van der Waals surface area contributed by atoms with Crippen molar-refractivity contribution in [1.29, 1.82) is 0 Å². The number of amides is 2. The number of carbonyl (C=O) groups excluding carboxylic acids is 1. The van der Waals surface area contributed by atoms with E-state index in [1.165, 1.54) is 4.40 Å². The molecule has 152 valence electrons. The van der Waals surface area contributed by atoms with Crippen molar-refractivity contribution in [2.45, 2.75) is 0 Å². The number of nitrogens with one attached hydrogen (secondary N) is 2. The molecule has 0 aliphatic rings. The van der Waals surface area contributed by atoms with Gasteiger partial charge in [-0.25, -0.2) is 30.5 Å². The molecule has 0 bridgehead atoms. The maximum Gasteiger partial charge on any atom is 0.347 e. The Bertz CT molecular complexity index is 1020. The van der Waals surface area contributed by atoms with Crippen LogP contribution >= 0.6 is 15.9 Å². The molecular formula is C17H20BrN9O2. The Kier molecular flexibility index (Phi) is 10.8. The van der Waals surface area contributed by atoms with E-state index in [2.05, 4.69) is 53.0 Å². The highest BCUT2D eigenvalue weighted by Crippen LogP contribution is 2.00. The standard InChI is InChI=1S/C6H5N3O.C5H4BrN.C5H7N3.CH4N2O/c10-6-8-7-5-3-1-2-4-9(5)6;6-5-3-1-2-4-7-5;6-8-5-3-1-2-4-7-5;2-1(3)4/h1-4H,(H,8,10);1-4H;1-4H,6H2,(H,7,8);(H4,2,3,4). The zero-order chi connectivity index (χ0) is 21.5. The van der Waals surface area contributed by atoms with Crippen molar-refractivity contribution < 1.29 is 4.79 Å². The number of hydrazine groups is 1. The summed E-state index contributed by atoms with van der Waals surface area (Å²) in [7, 11) is 0. The summed E-state index contributed by atoms with van der Waals surface area (Å²) in [5.74, 6) is 5.72. The normalized spacial score (nSPS) is 8.90. The molecule has 4 aromatic rings. The molecule has 0 fully saturated rings. The Hall–Kier alpha value is -3.77. The van der Waals surface area contributed by atoms with Crippen LogP contribution < -0.4 is 28.4 Å². The second kappa shape index (κ2) is 13.4. The predicted molar refractivity (Wildman–Crippen MR) is 114 cm³/mol. The molecule has 0 saturated carbocycles. The number of aromatic amines is 1. The Morgan fingerprint density at radius 1 is 1.00 bits per heavy atom. The molecule has 0 aromatic carbocycles. The molecule has 0 spiro atoms. The summed E-state index contributed by atoms with van der Waals surface area (Å²) >= 11 is 3.20. The number of H-pyrrole nitrogens is 1. The minimum Gasteiger partial charge on any atom is -0.352 e. The number of urea groups is 1. The fourth-order valence-corrected chi connectivity index (χ4v) is 1.92. The Morgan fingerprint density at radius 3 is 2.03 bits per heavy atom. The van der Waals surface area contributed by atoms with E-state index >= 15 is 0 Å². The quantitative estimate of drug-likeness (QED) is 0.160. The number of rotatable bonds is 1. The summed E-state index contributed by atoms with van der Waals surface area (Å²) in [5.41, 5.74) is 11.4. The Balaban J connectivity index is 0.000000203. The van der Waals surface area contributed by atoms with Crippen LogP contribution in [-0.2, 0) is 0 Å². The molecular weight excluding hydrogens is 442 g/mol. The van der Waals surface area contributed by atoms with Crippen LogP contribution in [0.4, 0.5) is 10.6 Å². The third kappa shape index (κ3) is 10.2. The highest BCUT2D eigenvalue weighted by molar-refractivity contribution is 9.10. The van der Waals surface area contributed by atoms with Gasteiger partial charge in [0.2, 0.25) is 0 Å². The first-order chi connectivity index (χ1) is 13.9. The van der Waals surface area contributed by atoms with Crippen molar-refractivity contribution in [3.8, 4) is 0 Å². The van der Waals surface area contributed by atoms with Gasteiger partial charge in [-0.1, -0.05) is 18.2 Å². The molecule has 11 nitrogen and oxygen atoms in total. The number of aromatic nitrogens is 5. The lowest BCUT2D eigenvalue weighted by Gasteiger charge is -1.92. The lowest BCUT2D eigenvalue weighted by Crippen LogP contribution is -2.18. The third-order valence-electron chi connectivity index (χ3n) is 2.76. The summed E-state index contributed by atoms with van der Waals surface area (Å²) in [5, 5.41) is 6.08. The van der Waals surface area contributed by atoms with Crippen LogP contribution in [0.25, 0.3) is 5.65 Å². The first-order valence-electron chi connectivity index (χ1n) is 7.95. The lowest BCUT2D eigenvalue weighted by molar-refractivity contribution is 0.256. The molecule has 0 radical (unpaired) electrons. The molecule has 0 aliphatic heterocycles. The van der Waals surface area contributed by atoms with Crippen molar-refractivity contribution in [1.82, 2.24) is 24.6 Å².